The van der Waals surface area contributed by atoms with Crippen LogP contribution in [0.4, 0.5) is 0 Å². The molecule has 11 heavy (non-hydrogen) atoms. The maximum atomic E-state index is 4.27. The van der Waals surface area contributed by atoms with Crippen molar-refractivity contribution in [1.29, 1.82) is 0 Å². The Hall–Kier alpha value is -1.38. The van der Waals surface area contributed by atoms with E-state index in [1.54, 1.807) is 6.20 Å². The van der Waals surface area contributed by atoms with E-state index in [1.165, 1.54) is 0 Å². The van der Waals surface area contributed by atoms with E-state index in [4.69, 9.17) is 0 Å². The van der Waals surface area contributed by atoms with E-state index < -0.39 is 0 Å². The first-order chi connectivity index (χ1) is 5.29. The van der Waals surface area contributed by atoms with Gasteiger partial charge in [0, 0.05) is 13.2 Å². The van der Waals surface area contributed by atoms with E-state index in [0.29, 0.717) is 0 Å². The van der Waals surface area contributed by atoms with Crippen molar-refractivity contribution in [3.63, 3.8) is 0 Å². The summed E-state index contributed by atoms with van der Waals surface area (Å²) in [6, 6.07) is 3.87. The third-order valence-electron chi connectivity index (χ3n) is 1.87. The van der Waals surface area contributed by atoms with E-state index in [0.717, 1.165) is 16.7 Å². The van der Waals surface area contributed by atoms with Gasteiger partial charge in [0.2, 0.25) is 0 Å². The Morgan fingerprint density at radius 1 is 1.45 bits per heavy atom. The van der Waals surface area contributed by atoms with Crippen LogP contribution in [0.3, 0.4) is 0 Å². The van der Waals surface area contributed by atoms with Crippen LogP contribution in [0.2, 0.25) is 0 Å². The molecule has 0 amide bonds. The second-order valence-corrected chi connectivity index (χ2v) is 2.58. The fourth-order valence-electron chi connectivity index (χ4n) is 1.15. The lowest BCUT2D eigenvalue weighted by atomic mass is 10.3. The molecule has 0 atom stereocenters. The van der Waals surface area contributed by atoms with Gasteiger partial charge in [-0.05, 0) is 19.1 Å². The highest BCUT2D eigenvalue weighted by Gasteiger charge is 2.02. The summed E-state index contributed by atoms with van der Waals surface area (Å²) in [5.74, 6) is 0. The highest BCUT2D eigenvalue weighted by atomic mass is 15.3. The summed E-state index contributed by atoms with van der Waals surface area (Å²) in [6.45, 7) is 2.02. The Morgan fingerprint density at radius 3 is 3.00 bits per heavy atom. The molecule has 0 aliphatic carbocycles. The summed E-state index contributed by atoms with van der Waals surface area (Å²) in [5.41, 5.74) is 3.07. The first-order valence-electron chi connectivity index (χ1n) is 3.53. The molecule has 0 saturated heterocycles. The zero-order valence-corrected chi connectivity index (χ0v) is 6.57. The third-order valence-corrected chi connectivity index (χ3v) is 1.87. The predicted octanol–water partition coefficient (Wildman–Crippen LogP) is 1.28. The minimum absolute atomic E-state index is 0.965. The van der Waals surface area contributed by atoms with Gasteiger partial charge < -0.3 is 0 Å². The van der Waals surface area contributed by atoms with Crippen molar-refractivity contribution >= 4 is 11.0 Å². The number of hydrogen-bond donors (Lipinski definition) is 0. The van der Waals surface area contributed by atoms with Crippen molar-refractivity contribution in [2.24, 2.45) is 7.05 Å². The number of hydrogen-bond acceptors (Lipinski definition) is 2. The first kappa shape index (κ1) is 6.34. The lowest BCUT2D eigenvalue weighted by Gasteiger charge is -1.89. The highest BCUT2D eigenvalue weighted by molar-refractivity contribution is 5.76. The maximum Gasteiger partial charge on any atom is 0.111 e. The first-order valence-corrected chi connectivity index (χ1v) is 3.53. The van der Waals surface area contributed by atoms with E-state index in [1.807, 2.05) is 30.8 Å². The van der Waals surface area contributed by atoms with Crippen LogP contribution < -0.4 is 0 Å². The Morgan fingerprint density at radius 2 is 2.27 bits per heavy atom. The number of rotatable bonds is 0. The average molecular weight is 147 g/mol. The van der Waals surface area contributed by atoms with Gasteiger partial charge in [0.1, 0.15) is 11.0 Å². The van der Waals surface area contributed by atoms with Gasteiger partial charge in [-0.25, -0.2) is 0 Å². The van der Waals surface area contributed by atoms with Gasteiger partial charge >= 0.3 is 0 Å². The van der Waals surface area contributed by atoms with Crippen LogP contribution in [-0.2, 0) is 7.05 Å². The zero-order valence-electron chi connectivity index (χ0n) is 6.57. The van der Waals surface area contributed by atoms with Gasteiger partial charge in [-0.2, -0.15) is 5.10 Å². The largest absolute Gasteiger partial charge is 0.270 e. The van der Waals surface area contributed by atoms with Crippen molar-refractivity contribution in [1.82, 2.24) is 14.8 Å². The molecule has 3 nitrogen and oxygen atoms in total. The van der Waals surface area contributed by atoms with Crippen molar-refractivity contribution in [3.8, 4) is 0 Å². The van der Waals surface area contributed by atoms with E-state index in [-0.39, 0.29) is 0 Å². The Labute approximate surface area is 64.7 Å². The van der Waals surface area contributed by atoms with Gasteiger partial charge in [-0.3, -0.25) is 9.67 Å². The maximum absolute atomic E-state index is 4.27. The fourth-order valence-corrected chi connectivity index (χ4v) is 1.15. The van der Waals surface area contributed by atoms with Crippen molar-refractivity contribution in [2.45, 2.75) is 6.92 Å². The monoisotopic (exact) mass is 147 g/mol. The van der Waals surface area contributed by atoms with Crippen molar-refractivity contribution in [2.75, 3.05) is 0 Å². The molecule has 0 N–H and O–H groups in total. The van der Waals surface area contributed by atoms with Crippen LogP contribution >= 0.6 is 0 Å². The summed E-state index contributed by atoms with van der Waals surface area (Å²) in [4.78, 5) is 4.22. The zero-order chi connectivity index (χ0) is 7.84. The van der Waals surface area contributed by atoms with E-state index >= 15 is 0 Å². The lowest BCUT2D eigenvalue weighted by Crippen LogP contribution is -1.91. The lowest BCUT2D eigenvalue weighted by molar-refractivity contribution is 0.750. The molecule has 0 spiro atoms. The van der Waals surface area contributed by atoms with Crippen molar-refractivity contribution < 1.29 is 0 Å². The Bertz CT molecular complexity index is 389. The van der Waals surface area contributed by atoms with Crippen LogP contribution in [0.25, 0.3) is 11.0 Å². The molecule has 0 radical (unpaired) electrons. The van der Waals surface area contributed by atoms with Gasteiger partial charge in [0.25, 0.3) is 0 Å². The molecule has 2 aromatic rings. The number of pyridine rings is 1. The standard InChI is InChI=1S/C8H9N3/c1-6-8-7(10-11(6)2)4-3-5-9-8/h3-5H,1-2H3. The molecule has 3 heteroatoms. The molecular weight excluding hydrogens is 138 g/mol. The summed E-state index contributed by atoms with van der Waals surface area (Å²) < 4.78 is 1.84. The molecule has 2 aromatic heterocycles. The van der Waals surface area contributed by atoms with Gasteiger partial charge in [-0.15, -0.1) is 0 Å². The van der Waals surface area contributed by atoms with Crippen LogP contribution in [0.5, 0.6) is 0 Å². The predicted molar refractivity (Wildman–Crippen MR) is 43.2 cm³/mol. The third kappa shape index (κ3) is 0.808. The molecule has 0 unspecified atom stereocenters. The van der Waals surface area contributed by atoms with Gasteiger partial charge in [0.05, 0.1) is 5.69 Å². The Kier molecular flexibility index (Phi) is 1.18. The summed E-state index contributed by atoms with van der Waals surface area (Å²) in [6.07, 6.45) is 1.79. The molecule has 0 aliphatic rings. The molecule has 0 saturated carbocycles. The molecule has 0 aliphatic heterocycles. The fraction of sp³-hybridized carbons (Fsp3) is 0.250. The molecule has 0 aromatic carbocycles. The highest BCUT2D eigenvalue weighted by Crippen LogP contribution is 2.12. The quantitative estimate of drug-likeness (QED) is 0.562. The molecule has 56 valence electrons. The summed E-state index contributed by atoms with van der Waals surface area (Å²) in [7, 11) is 1.93. The smallest absolute Gasteiger partial charge is 0.111 e. The van der Waals surface area contributed by atoms with Crippen LogP contribution in [0, 0.1) is 6.92 Å². The number of aryl methyl sites for hydroxylation is 2. The average Bonchev–Trinajstić information content (AvgIpc) is 2.30. The number of fused-ring (bicyclic) bond motifs is 1. The summed E-state index contributed by atoms with van der Waals surface area (Å²) in [5, 5.41) is 4.27. The normalized spacial score (nSPS) is 10.7. The van der Waals surface area contributed by atoms with Crippen LogP contribution in [0.1, 0.15) is 5.69 Å². The molecule has 2 heterocycles. The minimum Gasteiger partial charge on any atom is -0.270 e. The number of aromatic nitrogens is 3. The van der Waals surface area contributed by atoms with Gasteiger partial charge in [0.15, 0.2) is 0 Å². The topological polar surface area (TPSA) is 30.7 Å². The van der Waals surface area contributed by atoms with Crippen molar-refractivity contribution in [3.05, 3.63) is 24.0 Å². The molecule has 2 rings (SSSR count). The minimum atomic E-state index is 0.965. The second kappa shape index (κ2) is 2.05. The van der Waals surface area contributed by atoms with Crippen LogP contribution in [0.15, 0.2) is 18.3 Å². The van der Waals surface area contributed by atoms with E-state index in [2.05, 4.69) is 10.1 Å². The molecule has 0 fully saturated rings. The number of nitrogens with zero attached hydrogens (tertiary/aromatic N) is 3. The SMILES string of the molecule is Cc1c2ncccc2nn1C. The van der Waals surface area contributed by atoms with E-state index in [9.17, 15) is 0 Å². The molecular formula is C8H9N3. The molecule has 0 bridgehead atoms. The second-order valence-electron chi connectivity index (χ2n) is 2.58. The summed E-state index contributed by atoms with van der Waals surface area (Å²) >= 11 is 0. The van der Waals surface area contributed by atoms with Gasteiger partial charge in [-0.1, -0.05) is 0 Å². The van der Waals surface area contributed by atoms with Crippen LogP contribution in [-0.4, -0.2) is 14.8 Å². The Balaban J connectivity index is 2.92.